The van der Waals surface area contributed by atoms with Crippen LogP contribution in [0.25, 0.3) is 0 Å². The van der Waals surface area contributed by atoms with Gasteiger partial charge in [-0.1, -0.05) is 19.3 Å². The predicted octanol–water partition coefficient (Wildman–Crippen LogP) is 2.07. The molecule has 0 radical (unpaired) electrons. The topological polar surface area (TPSA) is 58.1 Å². The number of carbonyl (C=O) groups is 1. The summed E-state index contributed by atoms with van der Waals surface area (Å²) in [7, 11) is 0. The fourth-order valence-electron chi connectivity index (χ4n) is 3.27. The summed E-state index contributed by atoms with van der Waals surface area (Å²) in [4.78, 5) is 22.8. The Labute approximate surface area is 119 Å². The summed E-state index contributed by atoms with van der Waals surface area (Å²) < 4.78 is 0. The zero-order valence-corrected chi connectivity index (χ0v) is 11.8. The third-order valence-corrected chi connectivity index (χ3v) is 4.37. The minimum Gasteiger partial charge on any atom is -0.364 e. The Bertz CT molecular complexity index is 444. The van der Waals surface area contributed by atoms with Crippen molar-refractivity contribution in [2.24, 2.45) is 5.92 Å². The number of likely N-dealkylation sites (tertiary alicyclic amines) is 1. The van der Waals surface area contributed by atoms with Gasteiger partial charge in [0.15, 0.2) is 0 Å². The van der Waals surface area contributed by atoms with Crippen LogP contribution >= 0.6 is 0 Å². The monoisotopic (exact) mass is 274 g/mol. The lowest BCUT2D eigenvalue weighted by Crippen LogP contribution is -2.36. The minimum absolute atomic E-state index is 0.277. The third kappa shape index (κ3) is 3.08. The average molecular weight is 274 g/mol. The van der Waals surface area contributed by atoms with Gasteiger partial charge in [-0.25, -0.2) is 4.98 Å². The number of nitrogens with one attached hydrogen (secondary N) is 1. The standard InChI is InChI=1S/C15H22N4O/c20-15(12-4-2-1-3-5-12)19-9-6-13(11-19)18-14-10-16-7-8-17-14/h7-8,10,12-13H,1-6,9,11H2,(H,17,18)/t13-/m1/s1. The molecule has 1 amide bonds. The lowest BCUT2D eigenvalue weighted by Gasteiger charge is -2.26. The van der Waals surface area contributed by atoms with Crippen LogP contribution in [0.5, 0.6) is 0 Å². The zero-order chi connectivity index (χ0) is 13.8. The number of anilines is 1. The third-order valence-electron chi connectivity index (χ3n) is 4.37. The van der Waals surface area contributed by atoms with Gasteiger partial charge >= 0.3 is 0 Å². The first-order valence-electron chi connectivity index (χ1n) is 7.64. The van der Waals surface area contributed by atoms with Crippen LogP contribution in [0.4, 0.5) is 5.82 Å². The summed E-state index contributed by atoms with van der Waals surface area (Å²) in [5.74, 6) is 1.44. The Hall–Kier alpha value is -1.65. The maximum atomic E-state index is 12.5. The summed E-state index contributed by atoms with van der Waals surface area (Å²) in [6.45, 7) is 1.67. The lowest BCUT2D eigenvalue weighted by atomic mass is 9.88. The molecule has 1 saturated carbocycles. The van der Waals surface area contributed by atoms with Gasteiger partial charge in [0.05, 0.1) is 6.20 Å². The molecule has 1 aliphatic carbocycles. The molecule has 2 aliphatic rings. The van der Waals surface area contributed by atoms with Gasteiger partial charge in [-0.15, -0.1) is 0 Å². The Morgan fingerprint density at radius 1 is 1.20 bits per heavy atom. The van der Waals surface area contributed by atoms with Crippen molar-refractivity contribution in [1.82, 2.24) is 14.9 Å². The average Bonchev–Trinajstić information content (AvgIpc) is 2.97. The van der Waals surface area contributed by atoms with Gasteiger partial charge in [-0.3, -0.25) is 9.78 Å². The number of nitrogens with zero attached hydrogens (tertiary/aromatic N) is 3. The SMILES string of the molecule is O=C(C1CCCCC1)N1CC[C@@H](Nc2cnccn2)C1. The van der Waals surface area contributed by atoms with E-state index in [4.69, 9.17) is 0 Å². The minimum atomic E-state index is 0.277. The zero-order valence-electron chi connectivity index (χ0n) is 11.8. The van der Waals surface area contributed by atoms with Gasteiger partial charge in [0, 0.05) is 37.4 Å². The van der Waals surface area contributed by atoms with Gasteiger partial charge < -0.3 is 10.2 Å². The van der Waals surface area contributed by atoms with Gasteiger partial charge in [-0.2, -0.15) is 0 Å². The highest BCUT2D eigenvalue weighted by molar-refractivity contribution is 5.79. The maximum absolute atomic E-state index is 12.5. The molecular formula is C15H22N4O. The molecule has 0 bridgehead atoms. The van der Waals surface area contributed by atoms with Crippen molar-refractivity contribution < 1.29 is 4.79 Å². The van der Waals surface area contributed by atoms with E-state index in [1.165, 1.54) is 19.3 Å². The van der Waals surface area contributed by atoms with E-state index >= 15 is 0 Å². The Morgan fingerprint density at radius 2 is 2.05 bits per heavy atom. The second-order valence-electron chi connectivity index (χ2n) is 5.84. The molecule has 0 aromatic carbocycles. The number of amides is 1. The highest BCUT2D eigenvalue weighted by Gasteiger charge is 2.31. The van der Waals surface area contributed by atoms with Crippen LogP contribution in [0.1, 0.15) is 38.5 Å². The van der Waals surface area contributed by atoms with E-state index in [9.17, 15) is 4.79 Å². The number of aromatic nitrogens is 2. The summed E-state index contributed by atoms with van der Waals surface area (Å²) in [5, 5.41) is 3.36. The van der Waals surface area contributed by atoms with E-state index in [1.807, 2.05) is 4.90 Å². The van der Waals surface area contributed by atoms with Crippen LogP contribution < -0.4 is 5.32 Å². The molecule has 5 heteroatoms. The molecule has 2 heterocycles. The largest absolute Gasteiger partial charge is 0.364 e. The first kappa shape index (κ1) is 13.3. The van der Waals surface area contributed by atoms with Crippen molar-refractivity contribution >= 4 is 11.7 Å². The quantitative estimate of drug-likeness (QED) is 0.916. The molecular weight excluding hydrogens is 252 g/mol. The van der Waals surface area contributed by atoms with Crippen molar-refractivity contribution in [2.45, 2.75) is 44.6 Å². The molecule has 20 heavy (non-hydrogen) atoms. The van der Waals surface area contributed by atoms with Gasteiger partial charge in [0.1, 0.15) is 5.82 Å². The van der Waals surface area contributed by atoms with Crippen molar-refractivity contribution in [1.29, 1.82) is 0 Å². The highest BCUT2D eigenvalue weighted by Crippen LogP contribution is 2.27. The fourth-order valence-corrected chi connectivity index (χ4v) is 3.27. The first-order chi connectivity index (χ1) is 9.83. The van der Waals surface area contributed by atoms with Crippen molar-refractivity contribution in [3.05, 3.63) is 18.6 Å². The first-order valence-corrected chi connectivity index (χ1v) is 7.64. The lowest BCUT2D eigenvalue weighted by molar-refractivity contribution is -0.135. The molecule has 108 valence electrons. The van der Waals surface area contributed by atoms with Gasteiger partial charge in [-0.05, 0) is 19.3 Å². The second kappa shape index (κ2) is 6.20. The highest BCUT2D eigenvalue weighted by atomic mass is 16.2. The van der Waals surface area contributed by atoms with Gasteiger partial charge in [0.25, 0.3) is 0 Å². The van der Waals surface area contributed by atoms with E-state index in [-0.39, 0.29) is 5.92 Å². The Morgan fingerprint density at radius 3 is 2.80 bits per heavy atom. The normalized spacial score (nSPS) is 23.8. The molecule has 5 nitrogen and oxygen atoms in total. The molecule has 1 atom stereocenters. The fraction of sp³-hybridized carbons (Fsp3) is 0.667. The molecule has 1 aromatic heterocycles. The number of hydrogen-bond acceptors (Lipinski definition) is 4. The van der Waals surface area contributed by atoms with Crippen LogP contribution in [0, 0.1) is 5.92 Å². The van der Waals surface area contributed by atoms with E-state index in [2.05, 4.69) is 15.3 Å². The molecule has 0 spiro atoms. The number of carbonyl (C=O) groups excluding carboxylic acids is 1. The van der Waals surface area contributed by atoms with E-state index in [0.29, 0.717) is 11.9 Å². The van der Waals surface area contributed by atoms with Gasteiger partial charge in [0.2, 0.25) is 5.91 Å². The van der Waals surface area contributed by atoms with Crippen LogP contribution in [0.2, 0.25) is 0 Å². The molecule has 1 saturated heterocycles. The summed E-state index contributed by atoms with van der Waals surface area (Å²) >= 11 is 0. The van der Waals surface area contributed by atoms with Crippen LogP contribution in [-0.2, 0) is 4.79 Å². The molecule has 1 N–H and O–H groups in total. The Kier molecular flexibility index (Phi) is 4.14. The number of rotatable bonds is 3. The van der Waals surface area contributed by atoms with Crippen LogP contribution in [0.15, 0.2) is 18.6 Å². The van der Waals surface area contributed by atoms with E-state index in [0.717, 1.165) is 38.2 Å². The predicted molar refractivity (Wildman–Crippen MR) is 77.2 cm³/mol. The molecule has 2 fully saturated rings. The molecule has 0 unspecified atom stereocenters. The smallest absolute Gasteiger partial charge is 0.225 e. The molecule has 1 aliphatic heterocycles. The van der Waals surface area contributed by atoms with Crippen molar-refractivity contribution in [2.75, 3.05) is 18.4 Å². The molecule has 1 aromatic rings. The van der Waals surface area contributed by atoms with E-state index < -0.39 is 0 Å². The second-order valence-corrected chi connectivity index (χ2v) is 5.84. The van der Waals surface area contributed by atoms with E-state index in [1.54, 1.807) is 18.6 Å². The number of hydrogen-bond donors (Lipinski definition) is 1. The van der Waals surface area contributed by atoms with Crippen molar-refractivity contribution in [3.63, 3.8) is 0 Å². The van der Waals surface area contributed by atoms with Crippen LogP contribution in [0.3, 0.4) is 0 Å². The Balaban J connectivity index is 1.52. The summed E-state index contributed by atoms with van der Waals surface area (Å²) in [6.07, 6.45) is 12.0. The van der Waals surface area contributed by atoms with Crippen LogP contribution in [-0.4, -0.2) is 39.9 Å². The maximum Gasteiger partial charge on any atom is 0.225 e. The summed E-state index contributed by atoms with van der Waals surface area (Å²) in [5.41, 5.74) is 0. The summed E-state index contributed by atoms with van der Waals surface area (Å²) in [6, 6.07) is 0.305. The molecule has 3 rings (SSSR count). The van der Waals surface area contributed by atoms with Crippen molar-refractivity contribution in [3.8, 4) is 0 Å².